The number of rotatable bonds is 4. The standard InChI is InChI=1S/C23H22FN3O3/c24-17-5-3-6-18(14-17)25-21(28)15-26-10-12-27(13-11-26)23(30)20-9-8-16-4-1-2-7-19(16)22(20)29/h1-9,14,29H,10-13,15H2,(H,25,28). The normalized spacial score (nSPS) is 14.6. The Morgan fingerprint density at radius 3 is 2.50 bits per heavy atom. The number of phenolic OH excluding ortho intramolecular Hbond substituents is 1. The van der Waals surface area contributed by atoms with Crippen LogP contribution in [0.5, 0.6) is 5.75 Å². The average molecular weight is 407 g/mol. The number of anilines is 1. The summed E-state index contributed by atoms with van der Waals surface area (Å²) in [6.45, 7) is 2.16. The van der Waals surface area contributed by atoms with E-state index in [4.69, 9.17) is 0 Å². The van der Waals surface area contributed by atoms with Crippen molar-refractivity contribution in [3.63, 3.8) is 0 Å². The van der Waals surface area contributed by atoms with Crippen molar-refractivity contribution in [3.8, 4) is 5.75 Å². The van der Waals surface area contributed by atoms with Crippen LogP contribution in [-0.4, -0.2) is 59.4 Å². The van der Waals surface area contributed by atoms with Gasteiger partial charge in [0.05, 0.1) is 12.1 Å². The second-order valence-corrected chi connectivity index (χ2v) is 7.31. The average Bonchev–Trinajstić information content (AvgIpc) is 2.74. The number of aromatic hydroxyl groups is 1. The summed E-state index contributed by atoms with van der Waals surface area (Å²) >= 11 is 0. The summed E-state index contributed by atoms with van der Waals surface area (Å²) < 4.78 is 13.2. The highest BCUT2D eigenvalue weighted by Gasteiger charge is 2.25. The summed E-state index contributed by atoms with van der Waals surface area (Å²) in [6, 6.07) is 16.6. The van der Waals surface area contributed by atoms with Gasteiger partial charge >= 0.3 is 0 Å². The van der Waals surface area contributed by atoms with Crippen molar-refractivity contribution in [1.29, 1.82) is 0 Å². The van der Waals surface area contributed by atoms with Crippen LogP contribution < -0.4 is 5.32 Å². The van der Waals surface area contributed by atoms with Gasteiger partial charge in [0.1, 0.15) is 11.6 Å². The van der Waals surface area contributed by atoms with Gasteiger partial charge in [0.25, 0.3) is 5.91 Å². The summed E-state index contributed by atoms with van der Waals surface area (Å²) in [7, 11) is 0. The maximum Gasteiger partial charge on any atom is 0.257 e. The summed E-state index contributed by atoms with van der Waals surface area (Å²) in [4.78, 5) is 28.7. The fraction of sp³-hybridized carbons (Fsp3) is 0.217. The SMILES string of the molecule is O=C(CN1CCN(C(=O)c2ccc3ccccc3c2O)CC1)Nc1cccc(F)c1. The van der Waals surface area contributed by atoms with Crippen LogP contribution in [0.2, 0.25) is 0 Å². The van der Waals surface area contributed by atoms with E-state index in [2.05, 4.69) is 5.32 Å². The molecule has 1 saturated heterocycles. The number of halogens is 1. The molecule has 1 heterocycles. The van der Waals surface area contributed by atoms with Gasteiger partial charge in [-0.05, 0) is 29.7 Å². The first-order valence-electron chi connectivity index (χ1n) is 9.79. The third-order valence-corrected chi connectivity index (χ3v) is 5.27. The summed E-state index contributed by atoms with van der Waals surface area (Å²) in [5, 5.41) is 14.7. The molecule has 1 aliphatic heterocycles. The fourth-order valence-corrected chi connectivity index (χ4v) is 3.68. The predicted molar refractivity (Wildman–Crippen MR) is 113 cm³/mol. The van der Waals surface area contributed by atoms with Gasteiger partial charge in [-0.3, -0.25) is 14.5 Å². The van der Waals surface area contributed by atoms with Gasteiger partial charge in [0.15, 0.2) is 0 Å². The van der Waals surface area contributed by atoms with Gasteiger partial charge in [-0.15, -0.1) is 0 Å². The van der Waals surface area contributed by atoms with Crippen molar-refractivity contribution in [2.75, 3.05) is 38.0 Å². The minimum Gasteiger partial charge on any atom is -0.506 e. The molecule has 2 amide bonds. The van der Waals surface area contributed by atoms with Crippen LogP contribution in [0.25, 0.3) is 10.8 Å². The van der Waals surface area contributed by atoms with Crippen LogP contribution in [0.15, 0.2) is 60.7 Å². The molecule has 1 fully saturated rings. The lowest BCUT2D eigenvalue weighted by Crippen LogP contribution is -2.50. The first-order chi connectivity index (χ1) is 14.5. The maximum absolute atomic E-state index is 13.2. The van der Waals surface area contributed by atoms with Crippen molar-refractivity contribution >= 4 is 28.3 Å². The maximum atomic E-state index is 13.2. The van der Waals surface area contributed by atoms with Crippen molar-refractivity contribution < 1.29 is 19.1 Å². The van der Waals surface area contributed by atoms with Crippen LogP contribution in [0.1, 0.15) is 10.4 Å². The highest BCUT2D eigenvalue weighted by molar-refractivity contribution is 6.03. The van der Waals surface area contributed by atoms with E-state index in [9.17, 15) is 19.1 Å². The first kappa shape index (κ1) is 19.8. The molecule has 6 nitrogen and oxygen atoms in total. The monoisotopic (exact) mass is 407 g/mol. The Kier molecular flexibility index (Phi) is 5.63. The fourth-order valence-electron chi connectivity index (χ4n) is 3.68. The van der Waals surface area contributed by atoms with E-state index >= 15 is 0 Å². The quantitative estimate of drug-likeness (QED) is 0.697. The van der Waals surface area contributed by atoms with Gasteiger partial charge in [0, 0.05) is 37.3 Å². The molecule has 3 aromatic rings. The van der Waals surface area contributed by atoms with Gasteiger partial charge < -0.3 is 15.3 Å². The summed E-state index contributed by atoms with van der Waals surface area (Å²) in [5.74, 6) is -0.860. The van der Waals surface area contributed by atoms with E-state index in [1.807, 2.05) is 29.2 Å². The zero-order valence-electron chi connectivity index (χ0n) is 16.3. The van der Waals surface area contributed by atoms with E-state index in [0.717, 1.165) is 5.39 Å². The van der Waals surface area contributed by atoms with Crippen molar-refractivity contribution in [2.45, 2.75) is 0 Å². The number of benzene rings is 3. The number of phenols is 1. The number of nitrogens with zero attached hydrogens (tertiary/aromatic N) is 2. The van der Waals surface area contributed by atoms with E-state index in [1.165, 1.54) is 18.2 Å². The number of nitrogens with one attached hydrogen (secondary N) is 1. The largest absolute Gasteiger partial charge is 0.506 e. The summed E-state index contributed by atoms with van der Waals surface area (Å²) in [6.07, 6.45) is 0. The molecule has 3 aromatic carbocycles. The molecule has 0 aliphatic carbocycles. The van der Waals surface area contributed by atoms with Gasteiger partial charge in [-0.25, -0.2) is 4.39 Å². The van der Waals surface area contributed by atoms with Gasteiger partial charge in [0.2, 0.25) is 5.91 Å². The van der Waals surface area contributed by atoms with Crippen LogP contribution in [0, 0.1) is 5.82 Å². The van der Waals surface area contributed by atoms with E-state index < -0.39 is 5.82 Å². The Labute approximate surface area is 173 Å². The molecule has 30 heavy (non-hydrogen) atoms. The van der Waals surface area contributed by atoms with Gasteiger partial charge in [-0.1, -0.05) is 36.4 Å². The molecule has 4 rings (SSSR count). The number of hydrogen-bond donors (Lipinski definition) is 2. The first-order valence-corrected chi connectivity index (χ1v) is 9.79. The lowest BCUT2D eigenvalue weighted by molar-refractivity contribution is -0.117. The molecule has 0 radical (unpaired) electrons. The Bertz CT molecular complexity index is 1090. The summed E-state index contributed by atoms with van der Waals surface area (Å²) in [5.41, 5.74) is 0.701. The third-order valence-electron chi connectivity index (χ3n) is 5.27. The molecule has 0 bridgehead atoms. The lowest BCUT2D eigenvalue weighted by atomic mass is 10.0. The van der Waals surface area contributed by atoms with Crippen LogP contribution in [-0.2, 0) is 4.79 Å². The minimum absolute atomic E-state index is 0.00463. The van der Waals surface area contributed by atoms with E-state index in [-0.39, 0.29) is 29.7 Å². The number of carbonyl (C=O) groups excluding carboxylic acids is 2. The highest BCUT2D eigenvalue weighted by Crippen LogP contribution is 2.29. The molecule has 1 aliphatic rings. The molecule has 154 valence electrons. The van der Waals surface area contributed by atoms with Crippen LogP contribution >= 0.6 is 0 Å². The van der Waals surface area contributed by atoms with Crippen molar-refractivity contribution in [1.82, 2.24) is 9.80 Å². The zero-order valence-corrected chi connectivity index (χ0v) is 16.3. The second kappa shape index (κ2) is 8.51. The predicted octanol–water partition coefficient (Wildman–Crippen LogP) is 3.08. The molecule has 0 aromatic heterocycles. The molecule has 2 N–H and O–H groups in total. The zero-order chi connectivity index (χ0) is 21.1. The van der Waals surface area contributed by atoms with Gasteiger partial charge in [-0.2, -0.15) is 0 Å². The van der Waals surface area contributed by atoms with E-state index in [1.54, 1.807) is 23.1 Å². The Hall–Kier alpha value is -3.45. The van der Waals surface area contributed by atoms with Crippen molar-refractivity contribution in [2.24, 2.45) is 0 Å². The topological polar surface area (TPSA) is 72.9 Å². The molecular weight excluding hydrogens is 385 g/mol. The third kappa shape index (κ3) is 4.26. The number of carbonyl (C=O) groups is 2. The number of hydrogen-bond acceptors (Lipinski definition) is 4. The lowest BCUT2D eigenvalue weighted by Gasteiger charge is -2.34. The Morgan fingerprint density at radius 1 is 0.967 bits per heavy atom. The van der Waals surface area contributed by atoms with Crippen molar-refractivity contribution in [3.05, 3.63) is 72.0 Å². The Balaban J connectivity index is 1.35. The molecule has 0 unspecified atom stereocenters. The number of piperazine rings is 1. The number of amides is 2. The Morgan fingerprint density at radius 2 is 1.73 bits per heavy atom. The smallest absolute Gasteiger partial charge is 0.257 e. The molecule has 0 spiro atoms. The molecule has 0 saturated carbocycles. The van der Waals surface area contributed by atoms with Crippen LogP contribution in [0.3, 0.4) is 0 Å². The second-order valence-electron chi connectivity index (χ2n) is 7.31. The molecular formula is C23H22FN3O3. The van der Waals surface area contributed by atoms with Crippen LogP contribution in [0.4, 0.5) is 10.1 Å². The highest BCUT2D eigenvalue weighted by atomic mass is 19.1. The molecule has 7 heteroatoms. The minimum atomic E-state index is -0.406. The number of fused-ring (bicyclic) bond motifs is 1. The van der Waals surface area contributed by atoms with E-state index in [0.29, 0.717) is 37.3 Å². The molecule has 0 atom stereocenters.